The lowest BCUT2D eigenvalue weighted by Crippen LogP contribution is -2.16. The third-order valence-electron chi connectivity index (χ3n) is 2.40. The fourth-order valence-electron chi connectivity index (χ4n) is 1.59. The van der Waals surface area contributed by atoms with Crippen molar-refractivity contribution < 1.29 is 13.2 Å². The fraction of sp³-hybridized carbons (Fsp3) is 0.364. The monoisotopic (exact) mass is 228 g/mol. The van der Waals surface area contributed by atoms with Gasteiger partial charge in [0.25, 0.3) is 0 Å². The van der Waals surface area contributed by atoms with Gasteiger partial charge in [-0.2, -0.15) is 0 Å². The molecule has 0 atom stereocenters. The lowest BCUT2D eigenvalue weighted by Gasteiger charge is -2.14. The summed E-state index contributed by atoms with van der Waals surface area (Å²) in [5.41, 5.74) is 0.192. The molecule has 1 N–H and O–H groups in total. The Labute approximate surface area is 91.2 Å². The number of hydrogen-bond donors (Lipinski definition) is 1. The molecule has 0 unspecified atom stereocenters. The smallest absolute Gasteiger partial charge is 0.194 e. The number of hydrogen-bond acceptors (Lipinski definition) is 2. The van der Waals surface area contributed by atoms with E-state index in [4.69, 9.17) is 0 Å². The third kappa shape index (κ3) is 2.35. The first kappa shape index (κ1) is 11.0. The molecule has 0 fully saturated rings. The van der Waals surface area contributed by atoms with E-state index >= 15 is 0 Å². The molecule has 1 aliphatic heterocycles. The van der Waals surface area contributed by atoms with Crippen molar-refractivity contribution in [3.05, 3.63) is 29.6 Å². The molecule has 0 saturated carbocycles. The summed E-state index contributed by atoms with van der Waals surface area (Å²) in [7, 11) is 0. The molecule has 2 nitrogen and oxygen atoms in total. The Bertz CT molecular complexity index is 406. The lowest BCUT2D eigenvalue weighted by molar-refractivity contribution is 0.448. The van der Waals surface area contributed by atoms with Gasteiger partial charge in [0.15, 0.2) is 17.5 Å². The highest BCUT2D eigenvalue weighted by atomic mass is 19.2. The molecule has 0 aliphatic carbocycles. The number of nitrogens with one attached hydrogen (secondary N) is 1. The standard InChI is InChI=1S/C11H11F3N2/c12-8-5-7(6-9(13)11(8)14)16-10-3-1-2-4-15-10/h5-6H,1-4H2,(H,15,16). The average Bonchev–Trinajstić information content (AvgIpc) is 2.27. The summed E-state index contributed by atoms with van der Waals surface area (Å²) >= 11 is 0. The van der Waals surface area contributed by atoms with Crippen LogP contribution in [0.4, 0.5) is 18.9 Å². The molecule has 1 heterocycles. The van der Waals surface area contributed by atoms with Crippen molar-refractivity contribution in [2.45, 2.75) is 19.3 Å². The third-order valence-corrected chi connectivity index (χ3v) is 2.40. The van der Waals surface area contributed by atoms with Crippen LogP contribution in [0.1, 0.15) is 19.3 Å². The topological polar surface area (TPSA) is 24.4 Å². The molecule has 0 saturated heterocycles. The molecular formula is C11H11F3N2. The number of nitrogens with zero attached hydrogens (tertiary/aromatic N) is 1. The van der Waals surface area contributed by atoms with Crippen molar-refractivity contribution in [2.75, 3.05) is 11.9 Å². The van der Waals surface area contributed by atoms with Gasteiger partial charge in [0.2, 0.25) is 0 Å². The number of rotatable bonds is 1. The Morgan fingerprint density at radius 3 is 2.31 bits per heavy atom. The second-order valence-corrected chi connectivity index (χ2v) is 3.66. The van der Waals surface area contributed by atoms with Crippen LogP contribution in [0.2, 0.25) is 0 Å². The van der Waals surface area contributed by atoms with Gasteiger partial charge in [-0.3, -0.25) is 4.99 Å². The maximum Gasteiger partial charge on any atom is 0.194 e. The normalized spacial score (nSPS) is 15.8. The van der Waals surface area contributed by atoms with E-state index in [9.17, 15) is 13.2 Å². The highest BCUT2D eigenvalue weighted by Gasteiger charge is 2.12. The summed E-state index contributed by atoms with van der Waals surface area (Å²) in [6.07, 6.45) is 2.77. The van der Waals surface area contributed by atoms with Gasteiger partial charge in [0.05, 0.1) is 0 Å². The van der Waals surface area contributed by atoms with Gasteiger partial charge in [-0.25, -0.2) is 13.2 Å². The molecule has 0 bridgehead atoms. The van der Waals surface area contributed by atoms with Crippen LogP contribution < -0.4 is 5.32 Å². The summed E-state index contributed by atoms with van der Waals surface area (Å²) in [5.74, 6) is -3.15. The maximum atomic E-state index is 12.9. The lowest BCUT2D eigenvalue weighted by atomic mass is 10.1. The summed E-state index contributed by atoms with van der Waals surface area (Å²) in [5, 5.41) is 2.79. The minimum Gasteiger partial charge on any atom is -0.344 e. The molecule has 1 aliphatic rings. The summed E-state index contributed by atoms with van der Waals surface area (Å²) in [6.45, 7) is 0.717. The van der Waals surface area contributed by atoms with Gasteiger partial charge in [0.1, 0.15) is 5.84 Å². The van der Waals surface area contributed by atoms with E-state index in [1.54, 1.807) is 0 Å². The van der Waals surface area contributed by atoms with Gasteiger partial charge in [-0.1, -0.05) is 0 Å². The Morgan fingerprint density at radius 1 is 1.06 bits per heavy atom. The maximum absolute atomic E-state index is 12.9. The molecule has 1 aromatic rings. The van der Waals surface area contributed by atoms with Gasteiger partial charge in [-0.05, 0) is 12.8 Å². The van der Waals surface area contributed by atoms with E-state index < -0.39 is 17.5 Å². The Morgan fingerprint density at radius 2 is 1.75 bits per heavy atom. The van der Waals surface area contributed by atoms with Crippen LogP contribution in [0.3, 0.4) is 0 Å². The molecule has 86 valence electrons. The minimum absolute atomic E-state index is 0.192. The van der Waals surface area contributed by atoms with Crippen LogP contribution in [0.5, 0.6) is 0 Å². The molecule has 0 amide bonds. The Hall–Kier alpha value is -1.52. The van der Waals surface area contributed by atoms with Crippen LogP contribution in [0, 0.1) is 17.5 Å². The van der Waals surface area contributed by atoms with Crippen LogP contribution in [-0.2, 0) is 0 Å². The molecular weight excluding hydrogens is 217 g/mol. The van der Waals surface area contributed by atoms with Gasteiger partial charge in [-0.15, -0.1) is 0 Å². The van der Waals surface area contributed by atoms with Crippen molar-refractivity contribution in [1.29, 1.82) is 0 Å². The molecule has 1 aromatic carbocycles. The molecule has 16 heavy (non-hydrogen) atoms. The van der Waals surface area contributed by atoms with Crippen molar-refractivity contribution in [1.82, 2.24) is 0 Å². The largest absolute Gasteiger partial charge is 0.344 e. The first-order chi connectivity index (χ1) is 7.66. The van der Waals surface area contributed by atoms with E-state index in [1.165, 1.54) is 0 Å². The predicted molar refractivity (Wildman–Crippen MR) is 56.1 cm³/mol. The number of anilines is 1. The molecule has 0 spiro atoms. The van der Waals surface area contributed by atoms with Crippen molar-refractivity contribution in [3.8, 4) is 0 Å². The first-order valence-electron chi connectivity index (χ1n) is 5.12. The van der Waals surface area contributed by atoms with E-state index in [0.717, 1.165) is 31.4 Å². The molecule has 2 rings (SSSR count). The van der Waals surface area contributed by atoms with Crippen molar-refractivity contribution in [3.63, 3.8) is 0 Å². The second-order valence-electron chi connectivity index (χ2n) is 3.66. The van der Waals surface area contributed by atoms with E-state index in [1.807, 2.05) is 0 Å². The highest BCUT2D eigenvalue weighted by molar-refractivity contribution is 5.95. The van der Waals surface area contributed by atoms with Crippen LogP contribution >= 0.6 is 0 Å². The minimum atomic E-state index is -1.45. The highest BCUT2D eigenvalue weighted by Crippen LogP contribution is 2.18. The second kappa shape index (κ2) is 4.55. The zero-order valence-corrected chi connectivity index (χ0v) is 8.56. The van der Waals surface area contributed by atoms with Crippen molar-refractivity contribution >= 4 is 11.5 Å². The number of halogens is 3. The van der Waals surface area contributed by atoms with E-state index in [0.29, 0.717) is 12.4 Å². The quantitative estimate of drug-likeness (QED) is 0.734. The average molecular weight is 228 g/mol. The predicted octanol–water partition coefficient (Wildman–Crippen LogP) is 3.10. The number of aliphatic imine (C=N–C) groups is 1. The number of benzene rings is 1. The first-order valence-corrected chi connectivity index (χ1v) is 5.12. The Balaban J connectivity index is 2.18. The van der Waals surface area contributed by atoms with E-state index in [-0.39, 0.29) is 5.69 Å². The van der Waals surface area contributed by atoms with Gasteiger partial charge >= 0.3 is 0 Å². The SMILES string of the molecule is Fc1cc(NC2=NCCCC2)cc(F)c1F. The Kier molecular flexibility index (Phi) is 3.12. The zero-order chi connectivity index (χ0) is 11.5. The fourth-order valence-corrected chi connectivity index (χ4v) is 1.59. The van der Waals surface area contributed by atoms with Gasteiger partial charge < -0.3 is 5.32 Å². The summed E-state index contributed by atoms with van der Waals surface area (Å²) < 4.78 is 38.5. The van der Waals surface area contributed by atoms with Gasteiger partial charge in [0, 0.05) is 30.8 Å². The molecule has 5 heteroatoms. The zero-order valence-electron chi connectivity index (χ0n) is 8.56. The van der Waals surface area contributed by atoms with Crippen LogP contribution in [-0.4, -0.2) is 12.4 Å². The van der Waals surface area contributed by atoms with Crippen LogP contribution in [0.15, 0.2) is 17.1 Å². The number of amidine groups is 1. The van der Waals surface area contributed by atoms with E-state index in [2.05, 4.69) is 10.3 Å². The molecule has 0 radical (unpaired) electrons. The van der Waals surface area contributed by atoms with Crippen LogP contribution in [0.25, 0.3) is 0 Å². The summed E-state index contributed by atoms with van der Waals surface area (Å²) in [6, 6.07) is 1.85. The van der Waals surface area contributed by atoms with Crippen molar-refractivity contribution in [2.24, 2.45) is 4.99 Å². The molecule has 0 aromatic heterocycles. The summed E-state index contributed by atoms with van der Waals surface area (Å²) in [4.78, 5) is 4.17.